The number of imidazole rings is 1. The SMILES string of the molecule is CCn1c(=O)n(CC)c2cc(-c3c(NCCN4CCOCC4)n[nH]c3-c3cccc(C)c3)ccc21. The summed E-state index contributed by atoms with van der Waals surface area (Å²) in [5.41, 5.74) is 7.27. The van der Waals surface area contributed by atoms with Gasteiger partial charge in [-0.1, -0.05) is 29.8 Å². The third-order valence-electron chi connectivity index (χ3n) is 6.84. The second kappa shape index (κ2) is 10.1. The Bertz CT molecular complexity index is 1380. The number of nitrogens with zero attached hydrogens (tertiary/aromatic N) is 4. The van der Waals surface area contributed by atoms with E-state index < -0.39 is 0 Å². The molecule has 1 fully saturated rings. The third kappa shape index (κ3) is 4.51. The minimum atomic E-state index is 0.0390. The van der Waals surface area contributed by atoms with Crippen molar-refractivity contribution in [3.63, 3.8) is 0 Å². The Balaban J connectivity index is 1.56. The molecule has 2 aromatic carbocycles. The van der Waals surface area contributed by atoms with Gasteiger partial charge in [0.15, 0.2) is 5.82 Å². The molecule has 0 unspecified atom stereocenters. The van der Waals surface area contributed by atoms with Crippen molar-refractivity contribution in [3.8, 4) is 22.4 Å². The molecule has 0 amide bonds. The van der Waals surface area contributed by atoms with Crippen LogP contribution in [0.2, 0.25) is 0 Å². The molecule has 0 saturated carbocycles. The zero-order valence-corrected chi connectivity index (χ0v) is 20.8. The molecule has 0 radical (unpaired) electrons. The smallest absolute Gasteiger partial charge is 0.329 e. The van der Waals surface area contributed by atoms with Crippen molar-refractivity contribution in [3.05, 3.63) is 58.5 Å². The Morgan fingerprint density at radius 3 is 2.51 bits per heavy atom. The second-order valence-electron chi connectivity index (χ2n) is 9.05. The normalized spacial score (nSPS) is 14.6. The van der Waals surface area contributed by atoms with Crippen LogP contribution in [0.5, 0.6) is 0 Å². The minimum Gasteiger partial charge on any atom is -0.379 e. The summed E-state index contributed by atoms with van der Waals surface area (Å²) >= 11 is 0. The first kappa shape index (κ1) is 23.4. The summed E-state index contributed by atoms with van der Waals surface area (Å²) in [5.74, 6) is 0.828. The molecule has 4 aromatic rings. The zero-order chi connectivity index (χ0) is 24.4. The van der Waals surface area contributed by atoms with Gasteiger partial charge < -0.3 is 10.1 Å². The average Bonchev–Trinajstić information content (AvgIpc) is 3.41. The lowest BCUT2D eigenvalue weighted by atomic mass is 9.99. The van der Waals surface area contributed by atoms with E-state index in [0.717, 1.165) is 78.6 Å². The number of morpholine rings is 1. The molecule has 2 N–H and O–H groups in total. The molecule has 1 aliphatic heterocycles. The number of H-pyrrole nitrogens is 1. The second-order valence-corrected chi connectivity index (χ2v) is 9.05. The van der Waals surface area contributed by atoms with Gasteiger partial charge in [0.05, 0.1) is 35.5 Å². The molecule has 1 saturated heterocycles. The van der Waals surface area contributed by atoms with Gasteiger partial charge in [0.25, 0.3) is 0 Å². The summed E-state index contributed by atoms with van der Waals surface area (Å²) in [5, 5.41) is 11.5. The molecule has 0 aliphatic carbocycles. The lowest BCUT2D eigenvalue weighted by Gasteiger charge is -2.26. The van der Waals surface area contributed by atoms with Crippen molar-refractivity contribution >= 4 is 16.9 Å². The van der Waals surface area contributed by atoms with Crippen LogP contribution < -0.4 is 11.0 Å². The highest BCUT2D eigenvalue weighted by Gasteiger charge is 2.20. The summed E-state index contributed by atoms with van der Waals surface area (Å²) in [6.07, 6.45) is 0. The van der Waals surface area contributed by atoms with Crippen LogP contribution in [0.1, 0.15) is 19.4 Å². The maximum atomic E-state index is 12.9. The molecule has 8 nitrogen and oxygen atoms in total. The summed E-state index contributed by atoms with van der Waals surface area (Å²) in [6, 6.07) is 14.7. The van der Waals surface area contributed by atoms with Gasteiger partial charge in [-0.05, 0) is 44.5 Å². The molecule has 5 rings (SSSR count). The first-order valence-electron chi connectivity index (χ1n) is 12.5. The first-order valence-corrected chi connectivity index (χ1v) is 12.5. The lowest BCUT2D eigenvalue weighted by Crippen LogP contribution is -2.39. The Morgan fingerprint density at radius 1 is 1.00 bits per heavy atom. The van der Waals surface area contributed by atoms with Gasteiger partial charge in [0.1, 0.15) is 0 Å². The fourth-order valence-corrected chi connectivity index (χ4v) is 5.00. The Kier molecular flexibility index (Phi) is 6.74. The highest BCUT2D eigenvalue weighted by molar-refractivity contribution is 5.92. The zero-order valence-electron chi connectivity index (χ0n) is 20.8. The molecule has 35 heavy (non-hydrogen) atoms. The topological polar surface area (TPSA) is 80.1 Å². The molecule has 1 aliphatic rings. The van der Waals surface area contributed by atoms with Crippen LogP contribution in [-0.2, 0) is 17.8 Å². The summed E-state index contributed by atoms with van der Waals surface area (Å²) in [7, 11) is 0. The van der Waals surface area contributed by atoms with Crippen molar-refractivity contribution in [1.29, 1.82) is 0 Å². The van der Waals surface area contributed by atoms with Crippen LogP contribution in [0.4, 0.5) is 5.82 Å². The number of anilines is 1. The molecule has 0 atom stereocenters. The Hall–Kier alpha value is -3.36. The van der Waals surface area contributed by atoms with E-state index in [4.69, 9.17) is 4.74 Å². The molecular formula is C27H34N6O2. The van der Waals surface area contributed by atoms with Crippen molar-refractivity contribution < 1.29 is 4.74 Å². The van der Waals surface area contributed by atoms with Gasteiger partial charge in [0.2, 0.25) is 0 Å². The van der Waals surface area contributed by atoms with Gasteiger partial charge in [-0.3, -0.25) is 19.1 Å². The van der Waals surface area contributed by atoms with Gasteiger partial charge in [0, 0.05) is 44.8 Å². The van der Waals surface area contributed by atoms with E-state index in [1.807, 2.05) is 23.0 Å². The van der Waals surface area contributed by atoms with Crippen LogP contribution in [0, 0.1) is 6.92 Å². The fraction of sp³-hybridized carbons (Fsp3) is 0.407. The Morgan fingerprint density at radius 2 is 1.77 bits per heavy atom. The molecule has 3 heterocycles. The van der Waals surface area contributed by atoms with Crippen LogP contribution in [-0.4, -0.2) is 63.6 Å². The maximum Gasteiger partial charge on any atom is 0.329 e. The monoisotopic (exact) mass is 474 g/mol. The van der Waals surface area contributed by atoms with Gasteiger partial charge in [-0.25, -0.2) is 4.79 Å². The number of aryl methyl sites for hydroxylation is 3. The predicted octanol–water partition coefficient (Wildman–Crippen LogP) is 3.95. The number of rotatable bonds is 8. The van der Waals surface area contributed by atoms with Gasteiger partial charge in [-0.2, -0.15) is 5.10 Å². The molecule has 184 valence electrons. The van der Waals surface area contributed by atoms with E-state index in [-0.39, 0.29) is 5.69 Å². The van der Waals surface area contributed by atoms with Crippen molar-refractivity contribution in [2.75, 3.05) is 44.7 Å². The number of ether oxygens (including phenoxy) is 1. The van der Waals surface area contributed by atoms with Crippen LogP contribution in [0.15, 0.2) is 47.3 Å². The third-order valence-corrected chi connectivity index (χ3v) is 6.84. The molecule has 2 aromatic heterocycles. The highest BCUT2D eigenvalue weighted by Crippen LogP contribution is 2.37. The van der Waals surface area contributed by atoms with Crippen molar-refractivity contribution in [1.82, 2.24) is 24.2 Å². The van der Waals surface area contributed by atoms with Gasteiger partial charge in [-0.15, -0.1) is 0 Å². The van der Waals surface area contributed by atoms with Crippen LogP contribution >= 0.6 is 0 Å². The standard InChI is InChI=1S/C27H34N6O2/c1-4-32-22-10-9-20(18-23(22)33(5-2)27(32)34)24-25(21-8-6-7-19(3)17-21)29-30-26(24)28-11-12-31-13-15-35-16-14-31/h6-10,17-18H,4-5,11-16H2,1-3H3,(H2,28,29,30). The number of benzene rings is 2. The van der Waals surface area contributed by atoms with E-state index in [9.17, 15) is 4.79 Å². The Labute approximate surface area is 205 Å². The fourth-order valence-electron chi connectivity index (χ4n) is 5.00. The van der Waals surface area contributed by atoms with E-state index in [2.05, 4.69) is 69.8 Å². The van der Waals surface area contributed by atoms with Crippen LogP contribution in [0.25, 0.3) is 33.4 Å². The molecule has 8 heteroatoms. The van der Waals surface area contributed by atoms with Crippen LogP contribution in [0.3, 0.4) is 0 Å². The molecular weight excluding hydrogens is 440 g/mol. The van der Waals surface area contributed by atoms with Gasteiger partial charge >= 0.3 is 5.69 Å². The highest BCUT2D eigenvalue weighted by atomic mass is 16.5. The summed E-state index contributed by atoms with van der Waals surface area (Å²) in [6.45, 7) is 12.6. The first-order chi connectivity index (χ1) is 17.1. The van der Waals surface area contributed by atoms with Crippen molar-refractivity contribution in [2.45, 2.75) is 33.9 Å². The summed E-state index contributed by atoms with van der Waals surface area (Å²) in [4.78, 5) is 15.3. The number of aromatic amines is 1. The number of fused-ring (bicyclic) bond motifs is 1. The quantitative estimate of drug-likeness (QED) is 0.404. The lowest BCUT2D eigenvalue weighted by molar-refractivity contribution is 0.0398. The predicted molar refractivity (Wildman–Crippen MR) is 141 cm³/mol. The van der Waals surface area contributed by atoms with E-state index in [1.54, 1.807) is 0 Å². The average molecular weight is 475 g/mol. The van der Waals surface area contributed by atoms with E-state index >= 15 is 0 Å². The molecule has 0 spiro atoms. The maximum absolute atomic E-state index is 12.9. The van der Waals surface area contributed by atoms with E-state index in [1.165, 1.54) is 5.56 Å². The number of nitrogens with one attached hydrogen (secondary N) is 2. The summed E-state index contributed by atoms with van der Waals surface area (Å²) < 4.78 is 9.15. The van der Waals surface area contributed by atoms with Crippen molar-refractivity contribution in [2.24, 2.45) is 0 Å². The number of hydrogen-bond donors (Lipinski definition) is 2. The number of hydrogen-bond acceptors (Lipinski definition) is 5. The number of aromatic nitrogens is 4. The van der Waals surface area contributed by atoms with E-state index in [0.29, 0.717) is 13.1 Å². The minimum absolute atomic E-state index is 0.0390. The molecule has 0 bridgehead atoms. The largest absolute Gasteiger partial charge is 0.379 e.